The Morgan fingerprint density at radius 1 is 0.895 bits per heavy atom. The van der Waals surface area contributed by atoms with E-state index in [1.165, 1.54) is 55.4 Å². The van der Waals surface area contributed by atoms with Crippen LogP contribution in [0.4, 0.5) is 4.39 Å². The topological polar surface area (TPSA) is 12.4 Å². The van der Waals surface area contributed by atoms with Crippen molar-refractivity contribution in [3.8, 4) is 0 Å². The summed E-state index contributed by atoms with van der Waals surface area (Å²) in [5, 5.41) is 0. The first-order valence-corrected chi connectivity index (χ1v) is 15.1. The summed E-state index contributed by atoms with van der Waals surface area (Å²) in [5.74, 6) is -0.156. The maximum absolute atomic E-state index is 13.7. The van der Waals surface area contributed by atoms with Gasteiger partial charge in [-0.3, -0.25) is 4.99 Å². The third kappa shape index (κ3) is 18.1. The molecule has 0 atom stereocenters. The van der Waals surface area contributed by atoms with Crippen LogP contribution in [0.25, 0.3) is 5.57 Å². The number of aryl methyl sites for hydroxylation is 1. The lowest BCUT2D eigenvalue weighted by Crippen LogP contribution is -1.99. The molecule has 1 aliphatic rings. The summed E-state index contributed by atoms with van der Waals surface area (Å²) in [4.78, 5) is 4.27. The number of nitrogens with zero attached hydrogens (tertiary/aromatic N) is 1. The molecule has 218 valence electrons. The van der Waals surface area contributed by atoms with Crippen LogP contribution >= 0.6 is 0 Å². The van der Waals surface area contributed by atoms with Gasteiger partial charge in [0, 0.05) is 12.8 Å². The molecular formula is C36H62FN. The molecule has 0 bridgehead atoms. The number of unbranched alkanes of at least 4 members (excludes halogenated alkanes) is 4. The fraction of sp³-hybridized carbons (Fsp3) is 0.583. The molecule has 1 aliphatic carbocycles. The predicted octanol–water partition coefficient (Wildman–Crippen LogP) is 12.4. The SMILES string of the molecule is C=C(C)Cc1c(C)cc(C(=C)C)cc1F.CC.CC.CCC1=CC=C(C(CC)=NC)C1.CCCCCCC. The van der Waals surface area contributed by atoms with E-state index in [4.69, 9.17) is 0 Å². The van der Waals surface area contributed by atoms with Gasteiger partial charge in [0.2, 0.25) is 0 Å². The first kappa shape index (κ1) is 40.3. The number of halogens is 1. The predicted molar refractivity (Wildman–Crippen MR) is 176 cm³/mol. The van der Waals surface area contributed by atoms with Gasteiger partial charge in [0.15, 0.2) is 0 Å². The molecule has 0 radical (unpaired) electrons. The lowest BCUT2D eigenvalue weighted by atomic mass is 9.97. The molecule has 0 saturated heterocycles. The van der Waals surface area contributed by atoms with Crippen LogP contribution in [0, 0.1) is 12.7 Å². The second-order valence-electron chi connectivity index (χ2n) is 9.30. The Morgan fingerprint density at radius 3 is 1.79 bits per heavy atom. The van der Waals surface area contributed by atoms with Gasteiger partial charge in [-0.05, 0) is 74.8 Å². The van der Waals surface area contributed by atoms with E-state index >= 15 is 0 Å². The van der Waals surface area contributed by atoms with Gasteiger partial charge in [-0.25, -0.2) is 4.39 Å². The molecule has 2 rings (SSSR count). The summed E-state index contributed by atoms with van der Waals surface area (Å²) >= 11 is 0. The minimum atomic E-state index is -0.156. The summed E-state index contributed by atoms with van der Waals surface area (Å²) in [7, 11) is 1.88. The van der Waals surface area contributed by atoms with Crippen LogP contribution < -0.4 is 0 Å². The largest absolute Gasteiger partial charge is 0.293 e. The lowest BCUT2D eigenvalue weighted by Gasteiger charge is -2.10. The molecule has 0 heterocycles. The van der Waals surface area contributed by atoms with E-state index in [1.807, 2.05) is 61.6 Å². The Morgan fingerprint density at radius 2 is 1.45 bits per heavy atom. The molecule has 0 aliphatic heterocycles. The van der Waals surface area contributed by atoms with Crippen LogP contribution in [0.5, 0.6) is 0 Å². The van der Waals surface area contributed by atoms with E-state index in [9.17, 15) is 4.39 Å². The number of hydrogen-bond acceptors (Lipinski definition) is 1. The first-order chi connectivity index (χ1) is 18.1. The number of aliphatic imine (C=N–C) groups is 1. The number of allylic oxidation sites excluding steroid dienone is 6. The normalized spacial score (nSPS) is 11.7. The molecule has 0 amide bonds. The average molecular weight is 528 g/mol. The molecule has 1 aromatic carbocycles. The third-order valence-electron chi connectivity index (χ3n) is 5.96. The highest BCUT2D eigenvalue weighted by Gasteiger charge is 2.10. The Labute approximate surface area is 238 Å². The monoisotopic (exact) mass is 527 g/mol. The van der Waals surface area contributed by atoms with E-state index in [0.29, 0.717) is 6.42 Å². The van der Waals surface area contributed by atoms with Gasteiger partial charge in [-0.15, -0.1) is 0 Å². The molecule has 2 heteroatoms. The summed E-state index contributed by atoms with van der Waals surface area (Å²) in [6, 6.07) is 3.53. The van der Waals surface area contributed by atoms with Gasteiger partial charge >= 0.3 is 0 Å². The van der Waals surface area contributed by atoms with Crippen molar-refractivity contribution < 1.29 is 4.39 Å². The van der Waals surface area contributed by atoms with E-state index in [-0.39, 0.29) is 5.82 Å². The molecule has 1 aromatic rings. The van der Waals surface area contributed by atoms with Crippen molar-refractivity contribution >= 4 is 11.3 Å². The first-order valence-electron chi connectivity index (χ1n) is 15.1. The zero-order chi connectivity index (χ0) is 30.1. The molecule has 0 saturated carbocycles. The molecular weight excluding hydrogens is 465 g/mol. The van der Waals surface area contributed by atoms with Crippen molar-refractivity contribution in [2.45, 2.75) is 134 Å². The lowest BCUT2D eigenvalue weighted by molar-refractivity contribution is 0.611. The van der Waals surface area contributed by atoms with Gasteiger partial charge in [-0.1, -0.05) is 136 Å². The number of rotatable bonds is 10. The average Bonchev–Trinajstić information content (AvgIpc) is 3.39. The quantitative estimate of drug-likeness (QED) is 0.163. The van der Waals surface area contributed by atoms with Crippen molar-refractivity contribution in [1.29, 1.82) is 0 Å². The van der Waals surface area contributed by atoms with E-state index in [2.05, 4.69) is 58.0 Å². The Kier molecular flexibility index (Phi) is 28.0. The van der Waals surface area contributed by atoms with Crippen LogP contribution in [0.2, 0.25) is 0 Å². The second-order valence-corrected chi connectivity index (χ2v) is 9.30. The van der Waals surface area contributed by atoms with Crippen molar-refractivity contribution in [1.82, 2.24) is 0 Å². The van der Waals surface area contributed by atoms with Gasteiger partial charge in [0.1, 0.15) is 5.82 Å². The van der Waals surface area contributed by atoms with Gasteiger partial charge < -0.3 is 0 Å². The van der Waals surface area contributed by atoms with E-state index < -0.39 is 0 Å². The summed E-state index contributed by atoms with van der Waals surface area (Å²) in [6.07, 6.45) is 15.4. The fourth-order valence-electron chi connectivity index (χ4n) is 3.77. The molecule has 0 spiro atoms. The molecule has 0 N–H and O–H groups in total. The fourth-order valence-corrected chi connectivity index (χ4v) is 3.77. The maximum atomic E-state index is 13.7. The standard InChI is InChI=1S/C14H17F.C11H17N.C7H16.2C2H6/c1-9(2)6-13-11(5)7-12(10(3)4)8-14(13)15;1-4-9-6-7-10(8-9)11(5-2)12-3;1-3-5-7-6-4-2;2*1-2/h7-8H,1,3,6H2,2,4-5H3;6-7H,4-5,8H2,1-3H3;3-7H2,1-2H3;2*1-2H3. The second kappa shape index (κ2) is 26.4. The number of hydrogen-bond donors (Lipinski definition) is 0. The third-order valence-corrected chi connectivity index (χ3v) is 5.96. The summed E-state index contributed by atoms with van der Waals surface area (Å²) in [6.45, 7) is 30.2. The maximum Gasteiger partial charge on any atom is 0.127 e. The zero-order valence-electron chi connectivity index (χ0n) is 27.4. The Bertz CT molecular complexity index is 840. The van der Waals surface area contributed by atoms with Crippen molar-refractivity contribution in [2.24, 2.45) is 4.99 Å². The van der Waals surface area contributed by atoms with Crippen LogP contribution in [-0.4, -0.2) is 12.8 Å². The van der Waals surface area contributed by atoms with Gasteiger partial charge in [-0.2, -0.15) is 0 Å². The van der Waals surface area contributed by atoms with Gasteiger partial charge in [0.25, 0.3) is 0 Å². The van der Waals surface area contributed by atoms with Crippen molar-refractivity contribution in [3.63, 3.8) is 0 Å². The summed E-state index contributed by atoms with van der Waals surface area (Å²) in [5.41, 5.74) is 8.64. The van der Waals surface area contributed by atoms with E-state index in [1.54, 1.807) is 6.07 Å². The molecule has 1 nitrogen and oxygen atoms in total. The highest BCUT2D eigenvalue weighted by molar-refractivity contribution is 6.01. The summed E-state index contributed by atoms with van der Waals surface area (Å²) < 4.78 is 13.7. The highest BCUT2D eigenvalue weighted by atomic mass is 19.1. The zero-order valence-corrected chi connectivity index (χ0v) is 27.4. The van der Waals surface area contributed by atoms with Crippen LogP contribution in [-0.2, 0) is 6.42 Å². The van der Waals surface area contributed by atoms with Crippen LogP contribution in [0.3, 0.4) is 0 Å². The Hall–Kier alpha value is -2.22. The Balaban J connectivity index is -0.000000477. The van der Waals surface area contributed by atoms with Crippen molar-refractivity contribution in [3.05, 3.63) is 76.7 Å². The molecule has 38 heavy (non-hydrogen) atoms. The molecule has 0 fully saturated rings. The molecule has 0 unspecified atom stereocenters. The smallest absolute Gasteiger partial charge is 0.127 e. The minimum Gasteiger partial charge on any atom is -0.293 e. The highest BCUT2D eigenvalue weighted by Crippen LogP contribution is 2.23. The van der Waals surface area contributed by atoms with Crippen LogP contribution in [0.1, 0.15) is 137 Å². The van der Waals surface area contributed by atoms with Gasteiger partial charge in [0.05, 0.1) is 0 Å². The van der Waals surface area contributed by atoms with Crippen molar-refractivity contribution in [2.75, 3.05) is 7.05 Å². The van der Waals surface area contributed by atoms with Crippen LogP contribution in [0.15, 0.2) is 59.2 Å². The minimum absolute atomic E-state index is 0.156. The van der Waals surface area contributed by atoms with E-state index in [0.717, 1.165) is 40.7 Å². The molecule has 0 aromatic heterocycles. The number of benzene rings is 1.